The number of amides is 2. The van der Waals surface area contributed by atoms with Crippen LogP contribution in [0.1, 0.15) is 19.3 Å². The van der Waals surface area contributed by atoms with Gasteiger partial charge in [-0.15, -0.1) is 0 Å². The third kappa shape index (κ3) is 3.65. The molecule has 0 bridgehead atoms. The van der Waals surface area contributed by atoms with Crippen LogP contribution >= 0.6 is 11.6 Å². The number of urea groups is 1. The van der Waals surface area contributed by atoms with E-state index in [0.717, 1.165) is 18.8 Å². The number of benzene rings is 1. The molecule has 2 amide bonds. The Kier molecular flexibility index (Phi) is 5.05. The van der Waals surface area contributed by atoms with Crippen molar-refractivity contribution in [2.24, 2.45) is 0 Å². The molecule has 3 rings (SSSR count). The van der Waals surface area contributed by atoms with Crippen molar-refractivity contribution in [3.63, 3.8) is 0 Å². The number of hydrogen-bond acceptors (Lipinski definition) is 3. The van der Waals surface area contributed by atoms with Gasteiger partial charge in [0.1, 0.15) is 0 Å². The third-order valence-electron chi connectivity index (χ3n) is 4.21. The summed E-state index contributed by atoms with van der Waals surface area (Å²) >= 11 is 6.24. The van der Waals surface area contributed by atoms with Crippen LogP contribution in [0.25, 0.3) is 0 Å². The lowest BCUT2D eigenvalue weighted by molar-refractivity contribution is 0.0564. The molecule has 120 valence electrons. The molecular weight excluding hydrogens is 302 g/mol. The van der Waals surface area contributed by atoms with Gasteiger partial charge in [0.2, 0.25) is 0 Å². The molecule has 2 aliphatic heterocycles. The fourth-order valence-electron chi connectivity index (χ4n) is 2.92. The number of halogens is 1. The summed E-state index contributed by atoms with van der Waals surface area (Å²) in [6, 6.07) is 5.76. The second-order valence-corrected chi connectivity index (χ2v) is 6.15. The van der Waals surface area contributed by atoms with Crippen LogP contribution in [0.5, 0.6) is 0 Å². The summed E-state index contributed by atoms with van der Waals surface area (Å²) in [6.45, 7) is 4.56. The van der Waals surface area contributed by atoms with Gasteiger partial charge in [-0.25, -0.2) is 4.79 Å². The lowest BCUT2D eigenvalue weighted by atomic mass is 10.1. The normalized spacial score (nSPS) is 19.1. The topological polar surface area (TPSA) is 44.8 Å². The van der Waals surface area contributed by atoms with E-state index in [9.17, 15) is 4.79 Å². The highest BCUT2D eigenvalue weighted by Crippen LogP contribution is 2.29. The van der Waals surface area contributed by atoms with Gasteiger partial charge >= 0.3 is 6.03 Å². The van der Waals surface area contributed by atoms with Crippen LogP contribution in [-0.2, 0) is 4.74 Å². The fraction of sp³-hybridized carbons (Fsp3) is 0.562. The van der Waals surface area contributed by atoms with E-state index in [-0.39, 0.29) is 6.03 Å². The lowest BCUT2D eigenvalue weighted by Crippen LogP contribution is -2.43. The molecule has 1 aromatic carbocycles. The van der Waals surface area contributed by atoms with E-state index in [1.807, 2.05) is 18.2 Å². The second-order valence-electron chi connectivity index (χ2n) is 5.74. The van der Waals surface area contributed by atoms with Crippen molar-refractivity contribution in [1.29, 1.82) is 0 Å². The van der Waals surface area contributed by atoms with Gasteiger partial charge in [-0.3, -0.25) is 0 Å². The van der Waals surface area contributed by atoms with Crippen LogP contribution in [0.3, 0.4) is 0 Å². The summed E-state index contributed by atoms with van der Waals surface area (Å²) < 4.78 is 5.27. The summed E-state index contributed by atoms with van der Waals surface area (Å²) in [5.41, 5.74) is 1.81. The van der Waals surface area contributed by atoms with Crippen LogP contribution < -0.4 is 10.2 Å². The zero-order valence-electron chi connectivity index (χ0n) is 12.7. The maximum absolute atomic E-state index is 12.3. The van der Waals surface area contributed by atoms with E-state index in [1.165, 1.54) is 19.3 Å². The summed E-state index contributed by atoms with van der Waals surface area (Å²) in [4.78, 5) is 16.4. The summed E-state index contributed by atoms with van der Waals surface area (Å²) in [6.07, 6.45) is 3.74. The SMILES string of the molecule is O=C(Nc1cc(N2CCCCC2)ccc1Cl)N1CCOCC1. The largest absolute Gasteiger partial charge is 0.378 e. The highest BCUT2D eigenvalue weighted by Gasteiger charge is 2.18. The first-order valence-corrected chi connectivity index (χ1v) is 8.30. The highest BCUT2D eigenvalue weighted by atomic mass is 35.5. The monoisotopic (exact) mass is 323 g/mol. The van der Waals surface area contributed by atoms with E-state index in [1.54, 1.807) is 4.90 Å². The molecular formula is C16H22ClN3O2. The molecule has 0 aromatic heterocycles. The number of hydrogen-bond donors (Lipinski definition) is 1. The van der Waals surface area contributed by atoms with Gasteiger partial charge in [0.15, 0.2) is 0 Å². The Morgan fingerprint density at radius 2 is 1.82 bits per heavy atom. The van der Waals surface area contributed by atoms with Crippen LogP contribution in [0.4, 0.5) is 16.2 Å². The van der Waals surface area contributed by atoms with E-state index in [0.29, 0.717) is 37.0 Å². The molecule has 0 unspecified atom stereocenters. The number of rotatable bonds is 2. The Hall–Kier alpha value is -1.46. The van der Waals surface area contributed by atoms with Gasteiger partial charge in [-0.05, 0) is 37.5 Å². The Bertz CT molecular complexity index is 526. The van der Waals surface area contributed by atoms with Gasteiger partial charge in [0.05, 0.1) is 23.9 Å². The maximum Gasteiger partial charge on any atom is 0.322 e. The number of ether oxygens (including phenoxy) is 1. The molecule has 2 aliphatic rings. The Balaban J connectivity index is 1.70. The number of piperidine rings is 1. The molecule has 0 aliphatic carbocycles. The second kappa shape index (κ2) is 7.20. The van der Waals surface area contributed by atoms with Crippen molar-refractivity contribution in [3.05, 3.63) is 23.2 Å². The van der Waals surface area contributed by atoms with E-state index < -0.39 is 0 Å². The lowest BCUT2D eigenvalue weighted by Gasteiger charge is -2.30. The van der Waals surface area contributed by atoms with Crippen LogP contribution in [0.15, 0.2) is 18.2 Å². The maximum atomic E-state index is 12.3. The fourth-order valence-corrected chi connectivity index (χ4v) is 3.08. The first kappa shape index (κ1) is 15.4. The minimum absolute atomic E-state index is 0.110. The molecule has 0 radical (unpaired) electrons. The predicted molar refractivity (Wildman–Crippen MR) is 88.9 cm³/mol. The quantitative estimate of drug-likeness (QED) is 0.909. The Morgan fingerprint density at radius 1 is 1.09 bits per heavy atom. The molecule has 6 heteroatoms. The van der Waals surface area contributed by atoms with Crippen molar-refractivity contribution in [1.82, 2.24) is 4.90 Å². The minimum atomic E-state index is -0.110. The number of morpholine rings is 1. The van der Waals surface area contributed by atoms with Gasteiger partial charge in [0.25, 0.3) is 0 Å². The molecule has 2 heterocycles. The first-order valence-electron chi connectivity index (χ1n) is 7.92. The number of anilines is 2. The average molecular weight is 324 g/mol. The van der Waals surface area contributed by atoms with Crippen LogP contribution in [-0.4, -0.2) is 50.3 Å². The molecule has 2 fully saturated rings. The highest BCUT2D eigenvalue weighted by molar-refractivity contribution is 6.33. The molecule has 22 heavy (non-hydrogen) atoms. The number of carbonyl (C=O) groups is 1. The van der Waals surface area contributed by atoms with E-state index >= 15 is 0 Å². The molecule has 2 saturated heterocycles. The van der Waals surface area contributed by atoms with Crippen LogP contribution in [0.2, 0.25) is 5.02 Å². The molecule has 5 nitrogen and oxygen atoms in total. The smallest absolute Gasteiger partial charge is 0.322 e. The minimum Gasteiger partial charge on any atom is -0.378 e. The predicted octanol–water partition coefficient (Wildman–Crippen LogP) is 3.19. The third-order valence-corrected chi connectivity index (χ3v) is 4.54. The zero-order chi connectivity index (χ0) is 15.4. The summed E-state index contributed by atoms with van der Waals surface area (Å²) in [5, 5.41) is 3.50. The van der Waals surface area contributed by atoms with Crippen molar-refractivity contribution in [2.45, 2.75) is 19.3 Å². The average Bonchev–Trinajstić information content (AvgIpc) is 2.58. The van der Waals surface area contributed by atoms with Gasteiger partial charge in [0, 0.05) is 31.9 Å². The molecule has 1 aromatic rings. The molecule has 0 saturated carbocycles. The van der Waals surface area contributed by atoms with Crippen molar-refractivity contribution in [3.8, 4) is 0 Å². The van der Waals surface area contributed by atoms with Crippen molar-refractivity contribution in [2.75, 3.05) is 49.6 Å². The number of carbonyl (C=O) groups excluding carboxylic acids is 1. The van der Waals surface area contributed by atoms with E-state index in [4.69, 9.17) is 16.3 Å². The van der Waals surface area contributed by atoms with Gasteiger partial charge in [-0.1, -0.05) is 11.6 Å². The van der Waals surface area contributed by atoms with Gasteiger partial charge < -0.3 is 19.9 Å². The standard InChI is InChI=1S/C16H22ClN3O2/c17-14-5-4-13(19-6-2-1-3-7-19)12-15(14)18-16(21)20-8-10-22-11-9-20/h4-5,12H,1-3,6-11H2,(H,18,21). The Labute approximate surface area is 136 Å². The Morgan fingerprint density at radius 3 is 2.55 bits per heavy atom. The number of nitrogens with zero attached hydrogens (tertiary/aromatic N) is 2. The summed E-state index contributed by atoms with van der Waals surface area (Å²) in [7, 11) is 0. The summed E-state index contributed by atoms with van der Waals surface area (Å²) in [5.74, 6) is 0. The molecule has 1 N–H and O–H groups in total. The van der Waals surface area contributed by atoms with Crippen molar-refractivity contribution >= 4 is 29.0 Å². The zero-order valence-corrected chi connectivity index (χ0v) is 13.4. The van der Waals surface area contributed by atoms with Crippen LogP contribution in [0, 0.1) is 0 Å². The molecule has 0 atom stereocenters. The number of nitrogens with one attached hydrogen (secondary N) is 1. The van der Waals surface area contributed by atoms with Crippen molar-refractivity contribution < 1.29 is 9.53 Å². The first-order chi connectivity index (χ1) is 10.7. The van der Waals surface area contributed by atoms with Gasteiger partial charge in [-0.2, -0.15) is 0 Å². The molecule has 0 spiro atoms. The van der Waals surface area contributed by atoms with E-state index in [2.05, 4.69) is 10.2 Å².